The van der Waals surface area contributed by atoms with Crippen LogP contribution in [0.2, 0.25) is 13.1 Å². The lowest BCUT2D eigenvalue weighted by Gasteiger charge is -2.25. The zero-order valence-corrected chi connectivity index (χ0v) is 17.7. The number of hydrogen-bond acceptors (Lipinski definition) is 1. The molecule has 1 aliphatic heterocycles. The molecule has 2 heterocycles. The molecular weight excluding hydrogens is 372 g/mol. The van der Waals surface area contributed by atoms with Crippen LogP contribution in [0.3, 0.4) is 0 Å². The Balaban J connectivity index is 2.00. The fourth-order valence-corrected chi connectivity index (χ4v) is 9.89. The van der Waals surface area contributed by atoms with Crippen molar-refractivity contribution < 1.29 is 0 Å². The molecule has 0 radical (unpaired) electrons. The molecule has 0 unspecified atom stereocenters. The van der Waals surface area contributed by atoms with Crippen molar-refractivity contribution in [2.75, 3.05) is 0 Å². The van der Waals surface area contributed by atoms with Crippen LogP contribution in [-0.4, -0.2) is 8.07 Å². The van der Waals surface area contributed by atoms with Crippen LogP contribution in [-0.2, 0) is 0 Å². The summed E-state index contributed by atoms with van der Waals surface area (Å²) in [7, 11) is -1.83. The average molecular weight is 391 g/mol. The van der Waals surface area contributed by atoms with E-state index in [0.717, 1.165) is 0 Å². The van der Waals surface area contributed by atoms with Gasteiger partial charge in [-0.05, 0) is 54.8 Å². The van der Waals surface area contributed by atoms with Gasteiger partial charge in [0.1, 0.15) is 8.07 Å². The molecule has 0 nitrogen and oxygen atoms in total. The Kier molecular flexibility index (Phi) is 2.63. The maximum Gasteiger partial charge on any atom is 0.113 e. The molecule has 0 spiro atoms. The molecule has 132 valence electrons. The van der Waals surface area contributed by atoms with Crippen LogP contribution in [0.25, 0.3) is 52.5 Å². The first-order valence-electron chi connectivity index (χ1n) is 9.88. The predicted molar refractivity (Wildman–Crippen MR) is 129 cm³/mol. The first-order valence-corrected chi connectivity index (χ1v) is 13.7. The summed E-state index contributed by atoms with van der Waals surface area (Å²) in [5.41, 5.74) is 0. The van der Waals surface area contributed by atoms with Gasteiger partial charge in [-0.3, -0.25) is 0 Å². The summed E-state index contributed by atoms with van der Waals surface area (Å²) >= 11 is 1.96. The van der Waals surface area contributed by atoms with Crippen LogP contribution in [0.15, 0.2) is 72.8 Å². The molecule has 0 atom stereocenters. The maximum atomic E-state index is 2.53. The average Bonchev–Trinajstić information content (AvgIpc) is 3.08. The van der Waals surface area contributed by atoms with Gasteiger partial charge in [0.15, 0.2) is 0 Å². The van der Waals surface area contributed by atoms with Crippen molar-refractivity contribution in [3.63, 3.8) is 0 Å². The van der Waals surface area contributed by atoms with Crippen LogP contribution < -0.4 is 10.4 Å². The highest BCUT2D eigenvalue weighted by Gasteiger charge is 2.34. The van der Waals surface area contributed by atoms with Gasteiger partial charge in [0.25, 0.3) is 0 Å². The molecular formula is C26H18SSi. The summed E-state index contributed by atoms with van der Waals surface area (Å²) in [4.78, 5) is 0. The van der Waals surface area contributed by atoms with Crippen LogP contribution in [0.4, 0.5) is 0 Å². The van der Waals surface area contributed by atoms with Crippen molar-refractivity contribution in [1.82, 2.24) is 0 Å². The van der Waals surface area contributed by atoms with E-state index in [4.69, 9.17) is 0 Å². The van der Waals surface area contributed by atoms with Crippen molar-refractivity contribution >= 4 is 82.3 Å². The van der Waals surface area contributed by atoms with E-state index in [1.54, 1.807) is 10.4 Å². The van der Waals surface area contributed by atoms with E-state index in [1.165, 1.54) is 52.5 Å². The first kappa shape index (κ1) is 15.3. The summed E-state index contributed by atoms with van der Waals surface area (Å²) in [6, 6.07) is 27.7. The number of fused-ring (bicyclic) bond motifs is 3. The van der Waals surface area contributed by atoms with E-state index in [1.807, 2.05) is 11.3 Å². The monoisotopic (exact) mass is 390 g/mol. The number of benzene rings is 5. The van der Waals surface area contributed by atoms with Gasteiger partial charge < -0.3 is 0 Å². The molecule has 2 heteroatoms. The van der Waals surface area contributed by atoms with E-state index in [0.29, 0.717) is 0 Å². The molecule has 1 aliphatic rings. The maximum absolute atomic E-state index is 2.53. The van der Waals surface area contributed by atoms with E-state index in [2.05, 4.69) is 85.9 Å². The van der Waals surface area contributed by atoms with Gasteiger partial charge in [0, 0.05) is 20.2 Å². The van der Waals surface area contributed by atoms with Gasteiger partial charge in [-0.2, -0.15) is 0 Å². The molecule has 0 amide bonds. The topological polar surface area (TPSA) is 0 Å². The van der Waals surface area contributed by atoms with E-state index in [-0.39, 0.29) is 0 Å². The second-order valence-corrected chi connectivity index (χ2v) is 14.0. The second kappa shape index (κ2) is 4.83. The van der Waals surface area contributed by atoms with E-state index < -0.39 is 8.07 Å². The molecule has 7 rings (SSSR count). The smallest absolute Gasteiger partial charge is 0.113 e. The Morgan fingerprint density at radius 3 is 1.89 bits per heavy atom. The minimum absolute atomic E-state index is 1.38. The lowest BCUT2D eigenvalue weighted by Crippen LogP contribution is -2.52. The quantitative estimate of drug-likeness (QED) is 0.201. The Morgan fingerprint density at radius 1 is 0.500 bits per heavy atom. The van der Waals surface area contributed by atoms with Crippen LogP contribution in [0.5, 0.6) is 0 Å². The van der Waals surface area contributed by atoms with Crippen molar-refractivity contribution in [1.29, 1.82) is 0 Å². The molecule has 0 N–H and O–H groups in total. The molecule has 0 fully saturated rings. The van der Waals surface area contributed by atoms with Gasteiger partial charge in [-0.25, -0.2) is 0 Å². The highest BCUT2D eigenvalue weighted by molar-refractivity contribution is 7.26. The Hall–Kier alpha value is -2.68. The highest BCUT2D eigenvalue weighted by atomic mass is 32.1. The van der Waals surface area contributed by atoms with Crippen LogP contribution >= 0.6 is 11.3 Å². The first-order chi connectivity index (χ1) is 13.7. The molecule has 5 aromatic carbocycles. The largest absolute Gasteiger partial charge is 0.135 e. The van der Waals surface area contributed by atoms with Gasteiger partial charge in [0.2, 0.25) is 0 Å². The lowest BCUT2D eigenvalue weighted by molar-refractivity contribution is 1.77. The molecule has 1 aromatic heterocycles. The predicted octanol–water partition coefficient (Wildman–Crippen LogP) is 6.65. The standard InChI is InChI=1S/C26H18SSi/c1-28(2)21-11-5-9-17-15-7-3-4-8-16(15)18-13-14-20-26(24(18)23(17)21)25-19(27-20)10-6-12-22(25)28/h3-14H,1-2H3. The normalized spacial score (nSPS) is 15.1. The van der Waals surface area contributed by atoms with Gasteiger partial charge in [-0.15, -0.1) is 11.3 Å². The van der Waals surface area contributed by atoms with Crippen molar-refractivity contribution in [2.45, 2.75) is 13.1 Å². The number of hydrogen-bond donors (Lipinski definition) is 0. The SMILES string of the molecule is C[Si]1(C)c2cccc3sc4ccc5c6ccccc6c6cccc1c6c5c4c23. The van der Waals surface area contributed by atoms with Crippen molar-refractivity contribution in [3.05, 3.63) is 72.8 Å². The summed E-state index contributed by atoms with van der Waals surface area (Å²) in [6.07, 6.45) is 0. The fourth-order valence-electron chi connectivity index (χ4n) is 5.58. The van der Waals surface area contributed by atoms with Crippen LogP contribution in [0.1, 0.15) is 0 Å². The van der Waals surface area contributed by atoms with Gasteiger partial charge >= 0.3 is 0 Å². The summed E-state index contributed by atoms with van der Waals surface area (Å²) in [5, 5.41) is 14.8. The number of rotatable bonds is 0. The Labute approximate surface area is 168 Å². The molecule has 0 saturated heterocycles. The Morgan fingerprint density at radius 2 is 1.11 bits per heavy atom. The number of thiophene rings is 1. The second-order valence-electron chi connectivity index (χ2n) is 8.54. The molecule has 0 aliphatic carbocycles. The van der Waals surface area contributed by atoms with E-state index in [9.17, 15) is 0 Å². The highest BCUT2D eigenvalue weighted by Crippen LogP contribution is 2.45. The minimum Gasteiger partial charge on any atom is -0.135 e. The summed E-state index contributed by atoms with van der Waals surface area (Å²) in [6.45, 7) is 5.07. The zero-order valence-electron chi connectivity index (χ0n) is 15.8. The molecule has 0 bridgehead atoms. The lowest BCUT2D eigenvalue weighted by atomic mass is 9.92. The third-order valence-electron chi connectivity index (χ3n) is 6.83. The molecule has 6 aromatic rings. The minimum atomic E-state index is -1.83. The van der Waals surface area contributed by atoms with Crippen molar-refractivity contribution in [3.8, 4) is 0 Å². The van der Waals surface area contributed by atoms with Gasteiger partial charge in [0.05, 0.1) is 0 Å². The van der Waals surface area contributed by atoms with Crippen molar-refractivity contribution in [2.24, 2.45) is 0 Å². The summed E-state index contributed by atoms with van der Waals surface area (Å²) < 4.78 is 2.86. The Bertz CT molecular complexity index is 1640. The molecule has 28 heavy (non-hydrogen) atoms. The van der Waals surface area contributed by atoms with E-state index >= 15 is 0 Å². The third kappa shape index (κ3) is 1.60. The molecule has 0 saturated carbocycles. The zero-order chi connectivity index (χ0) is 18.6. The summed E-state index contributed by atoms with van der Waals surface area (Å²) in [5.74, 6) is 0. The van der Waals surface area contributed by atoms with Gasteiger partial charge in [-0.1, -0.05) is 73.8 Å². The van der Waals surface area contributed by atoms with Crippen LogP contribution in [0, 0.1) is 0 Å². The third-order valence-corrected chi connectivity index (χ3v) is 11.5. The fraction of sp³-hybridized carbons (Fsp3) is 0.0769.